The first-order valence-electron chi connectivity index (χ1n) is 6.82. The largest absolute Gasteiger partial charge is 0.379 e. The number of carbonyl (C=O) groups excluding carboxylic acids is 1. The minimum absolute atomic E-state index is 0.280. The Balaban J connectivity index is 2.06. The lowest BCUT2D eigenvalue weighted by Crippen LogP contribution is -2.13. The number of nitrogens with one attached hydrogen (secondary N) is 1. The number of amides is 1. The van der Waals surface area contributed by atoms with Crippen LogP contribution in [-0.2, 0) is 11.3 Å². The molecule has 0 aliphatic heterocycles. The summed E-state index contributed by atoms with van der Waals surface area (Å²) in [6.45, 7) is 4.94. The molecule has 1 aromatic heterocycles. The van der Waals surface area contributed by atoms with Crippen LogP contribution in [0.15, 0.2) is 41.7 Å². The van der Waals surface area contributed by atoms with Gasteiger partial charge in [0.15, 0.2) is 0 Å². The predicted molar refractivity (Wildman–Crippen MR) is 86.3 cm³/mol. The minimum Gasteiger partial charge on any atom is -0.379 e. The fourth-order valence-corrected chi connectivity index (χ4v) is 2.78. The van der Waals surface area contributed by atoms with Gasteiger partial charge in [0.25, 0.3) is 0 Å². The van der Waals surface area contributed by atoms with Crippen molar-refractivity contribution in [3.8, 4) is 0 Å². The van der Waals surface area contributed by atoms with Gasteiger partial charge in [-0.05, 0) is 26.0 Å². The van der Waals surface area contributed by atoms with Gasteiger partial charge in [0.2, 0.25) is 5.91 Å². The van der Waals surface area contributed by atoms with Gasteiger partial charge in [-0.2, -0.15) is 0 Å². The third kappa shape index (κ3) is 4.26. The third-order valence-electron chi connectivity index (χ3n) is 3.02. The van der Waals surface area contributed by atoms with Crippen molar-refractivity contribution in [1.82, 2.24) is 9.55 Å². The van der Waals surface area contributed by atoms with Gasteiger partial charge in [0.1, 0.15) is 0 Å². The molecule has 2 rings (SSSR count). The second kappa shape index (κ2) is 7.17. The number of imidazole rings is 1. The van der Waals surface area contributed by atoms with E-state index in [2.05, 4.69) is 28.7 Å². The summed E-state index contributed by atoms with van der Waals surface area (Å²) in [6, 6.07) is 8.28. The van der Waals surface area contributed by atoms with Crippen LogP contribution >= 0.6 is 11.8 Å². The van der Waals surface area contributed by atoms with Crippen molar-refractivity contribution in [1.29, 1.82) is 0 Å². The second-order valence-electron chi connectivity index (χ2n) is 4.99. The summed E-state index contributed by atoms with van der Waals surface area (Å²) in [5, 5.41) is 3.40. The molecule has 0 radical (unpaired) electrons. The van der Waals surface area contributed by atoms with Gasteiger partial charge in [-0.15, -0.1) is 11.8 Å². The van der Waals surface area contributed by atoms with Crippen LogP contribution in [0.5, 0.6) is 0 Å². The molecule has 1 heterocycles. The number of carbonyl (C=O) groups is 1. The van der Waals surface area contributed by atoms with E-state index in [4.69, 9.17) is 5.73 Å². The minimum atomic E-state index is -0.312. The number of para-hydroxylation sites is 1. The molecular weight excluding hydrogens is 284 g/mol. The zero-order chi connectivity index (χ0) is 15.2. The highest BCUT2D eigenvalue weighted by Crippen LogP contribution is 2.27. The van der Waals surface area contributed by atoms with Crippen LogP contribution < -0.4 is 11.1 Å². The highest BCUT2D eigenvalue weighted by atomic mass is 32.2. The van der Waals surface area contributed by atoms with E-state index >= 15 is 0 Å². The molecule has 0 spiro atoms. The molecule has 112 valence electrons. The summed E-state index contributed by atoms with van der Waals surface area (Å²) in [5.41, 5.74) is 7.33. The SMILES string of the molecule is CC(C)n1cncc1CNc1ccccc1SCC(N)=O. The number of benzene rings is 1. The Morgan fingerprint density at radius 2 is 2.19 bits per heavy atom. The number of anilines is 1. The van der Waals surface area contributed by atoms with Crippen molar-refractivity contribution in [3.05, 3.63) is 42.5 Å². The number of rotatable bonds is 7. The molecule has 0 atom stereocenters. The maximum Gasteiger partial charge on any atom is 0.227 e. The molecule has 0 bridgehead atoms. The molecular formula is C15H20N4OS. The molecule has 0 unspecified atom stereocenters. The van der Waals surface area contributed by atoms with Gasteiger partial charge in [-0.1, -0.05) is 12.1 Å². The molecule has 0 aliphatic carbocycles. The molecule has 3 N–H and O–H groups in total. The average Bonchev–Trinajstić information content (AvgIpc) is 2.92. The lowest BCUT2D eigenvalue weighted by molar-refractivity contribution is -0.115. The maximum absolute atomic E-state index is 10.9. The molecule has 2 aromatic rings. The van der Waals surface area contributed by atoms with E-state index in [0.717, 1.165) is 16.3 Å². The number of primary amides is 1. The topological polar surface area (TPSA) is 72.9 Å². The van der Waals surface area contributed by atoms with Gasteiger partial charge in [0.05, 0.1) is 24.3 Å². The maximum atomic E-state index is 10.9. The van der Waals surface area contributed by atoms with Crippen molar-refractivity contribution in [3.63, 3.8) is 0 Å². The highest BCUT2D eigenvalue weighted by Gasteiger charge is 2.07. The Bertz CT molecular complexity index is 609. The Morgan fingerprint density at radius 3 is 2.90 bits per heavy atom. The lowest BCUT2D eigenvalue weighted by Gasteiger charge is -2.14. The standard InChI is InChI=1S/C15H20N4OS/c1-11(2)19-10-17-7-12(19)8-18-13-5-3-4-6-14(13)21-9-15(16)20/h3-7,10-11,18H,8-9H2,1-2H3,(H2,16,20). The molecule has 0 saturated carbocycles. The first kappa shape index (κ1) is 15.4. The molecule has 6 heteroatoms. The fraction of sp³-hybridized carbons (Fsp3) is 0.333. The van der Waals surface area contributed by atoms with Crippen LogP contribution in [0.1, 0.15) is 25.6 Å². The average molecular weight is 304 g/mol. The monoisotopic (exact) mass is 304 g/mol. The van der Waals surface area contributed by atoms with Crippen molar-refractivity contribution in [2.45, 2.75) is 31.3 Å². The van der Waals surface area contributed by atoms with E-state index in [1.807, 2.05) is 36.8 Å². The Hall–Kier alpha value is -1.95. The number of hydrogen-bond acceptors (Lipinski definition) is 4. The van der Waals surface area contributed by atoms with Crippen LogP contribution in [0.25, 0.3) is 0 Å². The Labute approximate surface area is 128 Å². The summed E-state index contributed by atoms with van der Waals surface area (Å²) in [5.74, 6) is -0.0319. The fourth-order valence-electron chi connectivity index (χ4n) is 2.01. The van der Waals surface area contributed by atoms with Crippen LogP contribution in [0.2, 0.25) is 0 Å². The van der Waals surface area contributed by atoms with Gasteiger partial charge in [-0.3, -0.25) is 4.79 Å². The van der Waals surface area contributed by atoms with E-state index in [0.29, 0.717) is 12.6 Å². The second-order valence-corrected chi connectivity index (χ2v) is 6.01. The first-order chi connectivity index (χ1) is 10.1. The number of hydrogen-bond donors (Lipinski definition) is 2. The number of nitrogens with two attached hydrogens (primary N) is 1. The normalized spacial score (nSPS) is 10.8. The molecule has 0 aliphatic rings. The smallest absolute Gasteiger partial charge is 0.227 e. The number of aromatic nitrogens is 2. The first-order valence-corrected chi connectivity index (χ1v) is 7.81. The van der Waals surface area contributed by atoms with Crippen molar-refractivity contribution < 1.29 is 4.79 Å². The van der Waals surface area contributed by atoms with E-state index in [9.17, 15) is 4.79 Å². The summed E-state index contributed by atoms with van der Waals surface area (Å²) in [4.78, 5) is 16.1. The van der Waals surface area contributed by atoms with Crippen LogP contribution in [-0.4, -0.2) is 21.2 Å². The van der Waals surface area contributed by atoms with Crippen molar-refractivity contribution in [2.24, 2.45) is 5.73 Å². The Morgan fingerprint density at radius 1 is 1.43 bits per heavy atom. The Kier molecular flexibility index (Phi) is 5.27. The number of nitrogens with zero attached hydrogens (tertiary/aromatic N) is 2. The van der Waals surface area contributed by atoms with E-state index in [1.165, 1.54) is 11.8 Å². The summed E-state index contributed by atoms with van der Waals surface area (Å²) < 4.78 is 2.13. The predicted octanol–water partition coefficient (Wildman–Crippen LogP) is 2.65. The zero-order valence-corrected chi connectivity index (χ0v) is 13.1. The lowest BCUT2D eigenvalue weighted by atomic mass is 10.3. The molecule has 1 aromatic carbocycles. The van der Waals surface area contributed by atoms with Crippen LogP contribution in [0, 0.1) is 0 Å². The van der Waals surface area contributed by atoms with Gasteiger partial charge in [-0.25, -0.2) is 4.98 Å². The van der Waals surface area contributed by atoms with Crippen molar-refractivity contribution >= 4 is 23.4 Å². The third-order valence-corrected chi connectivity index (χ3v) is 4.12. The highest BCUT2D eigenvalue weighted by molar-refractivity contribution is 8.00. The van der Waals surface area contributed by atoms with Gasteiger partial charge in [0, 0.05) is 22.8 Å². The molecule has 21 heavy (non-hydrogen) atoms. The number of thioether (sulfide) groups is 1. The summed E-state index contributed by atoms with van der Waals surface area (Å²) in [6.07, 6.45) is 3.71. The molecule has 0 saturated heterocycles. The molecule has 1 amide bonds. The summed E-state index contributed by atoms with van der Waals surface area (Å²) in [7, 11) is 0. The zero-order valence-electron chi connectivity index (χ0n) is 12.2. The summed E-state index contributed by atoms with van der Waals surface area (Å²) >= 11 is 1.44. The molecule has 0 fully saturated rings. The quantitative estimate of drug-likeness (QED) is 0.771. The van der Waals surface area contributed by atoms with E-state index in [1.54, 1.807) is 0 Å². The van der Waals surface area contributed by atoms with Gasteiger partial charge >= 0.3 is 0 Å². The van der Waals surface area contributed by atoms with Crippen LogP contribution in [0.4, 0.5) is 5.69 Å². The van der Waals surface area contributed by atoms with E-state index in [-0.39, 0.29) is 11.7 Å². The van der Waals surface area contributed by atoms with Crippen molar-refractivity contribution in [2.75, 3.05) is 11.1 Å². The molecule has 5 nitrogen and oxygen atoms in total. The van der Waals surface area contributed by atoms with Crippen LogP contribution in [0.3, 0.4) is 0 Å². The van der Waals surface area contributed by atoms with Gasteiger partial charge < -0.3 is 15.6 Å². The van der Waals surface area contributed by atoms with E-state index < -0.39 is 0 Å².